The van der Waals surface area contributed by atoms with Crippen molar-refractivity contribution in [3.63, 3.8) is 0 Å². The van der Waals surface area contributed by atoms with Gasteiger partial charge in [-0.25, -0.2) is 4.98 Å². The highest BCUT2D eigenvalue weighted by Gasteiger charge is 2.16. The summed E-state index contributed by atoms with van der Waals surface area (Å²) in [6.07, 6.45) is 4.03. The van der Waals surface area contributed by atoms with Crippen LogP contribution in [-0.4, -0.2) is 39.2 Å². The average Bonchev–Trinajstić information content (AvgIpc) is 2.95. The van der Waals surface area contributed by atoms with E-state index in [0.29, 0.717) is 11.5 Å². The van der Waals surface area contributed by atoms with Crippen LogP contribution in [0.1, 0.15) is 12.8 Å². The number of fused-ring (bicyclic) bond motifs is 1. The molecule has 1 fully saturated rings. The van der Waals surface area contributed by atoms with E-state index < -0.39 is 0 Å². The quantitative estimate of drug-likeness (QED) is 0.813. The Hall–Kier alpha value is -1.40. The van der Waals surface area contributed by atoms with E-state index in [1.165, 1.54) is 0 Å². The highest BCUT2D eigenvalue weighted by atomic mass is 35.5. The van der Waals surface area contributed by atoms with Gasteiger partial charge >= 0.3 is 0 Å². The summed E-state index contributed by atoms with van der Waals surface area (Å²) in [4.78, 5) is 15.2. The predicted molar refractivity (Wildman–Crippen MR) is 64.2 cm³/mol. The summed E-state index contributed by atoms with van der Waals surface area (Å²) >= 11 is 5.83. The molecule has 3 heterocycles. The monoisotopic (exact) mass is 253 g/mol. The number of halogens is 1. The van der Waals surface area contributed by atoms with Gasteiger partial charge in [0, 0.05) is 13.2 Å². The van der Waals surface area contributed by atoms with Crippen LogP contribution in [0.15, 0.2) is 6.33 Å². The molecule has 1 atom stereocenters. The largest absolute Gasteiger partial charge is 0.376 e. The van der Waals surface area contributed by atoms with Crippen LogP contribution in [0.25, 0.3) is 11.2 Å². The van der Waals surface area contributed by atoms with E-state index in [1.807, 2.05) is 0 Å². The van der Waals surface area contributed by atoms with E-state index in [0.717, 1.165) is 31.5 Å². The van der Waals surface area contributed by atoms with Crippen molar-refractivity contribution >= 4 is 28.6 Å². The summed E-state index contributed by atoms with van der Waals surface area (Å²) < 4.78 is 5.53. The molecule has 0 spiro atoms. The zero-order valence-corrected chi connectivity index (χ0v) is 9.87. The van der Waals surface area contributed by atoms with Crippen molar-refractivity contribution in [1.29, 1.82) is 0 Å². The fraction of sp³-hybridized carbons (Fsp3) is 0.500. The Morgan fingerprint density at radius 1 is 1.53 bits per heavy atom. The number of aromatic nitrogens is 4. The molecule has 0 radical (unpaired) electrons. The number of imidazole rings is 1. The van der Waals surface area contributed by atoms with Crippen molar-refractivity contribution in [3.8, 4) is 0 Å². The molecule has 6 nitrogen and oxygen atoms in total. The Kier molecular flexibility index (Phi) is 2.82. The number of ether oxygens (including phenoxy) is 1. The van der Waals surface area contributed by atoms with Gasteiger partial charge in [0.05, 0.1) is 12.4 Å². The first kappa shape index (κ1) is 10.7. The maximum Gasteiger partial charge on any atom is 0.226 e. The molecule has 0 amide bonds. The Labute approximate surface area is 103 Å². The molecule has 1 saturated heterocycles. The maximum absolute atomic E-state index is 5.83. The first-order valence-corrected chi connectivity index (χ1v) is 5.93. The van der Waals surface area contributed by atoms with Crippen LogP contribution in [0.5, 0.6) is 0 Å². The zero-order chi connectivity index (χ0) is 11.7. The van der Waals surface area contributed by atoms with Gasteiger partial charge in [0.1, 0.15) is 5.52 Å². The highest BCUT2D eigenvalue weighted by molar-refractivity contribution is 6.28. The lowest BCUT2D eigenvalue weighted by molar-refractivity contribution is 0.120. The van der Waals surface area contributed by atoms with Gasteiger partial charge < -0.3 is 15.0 Å². The van der Waals surface area contributed by atoms with Crippen molar-refractivity contribution in [2.24, 2.45) is 0 Å². The minimum atomic E-state index is 0.194. The predicted octanol–water partition coefficient (Wildman–Crippen LogP) is 1.60. The molecule has 7 heteroatoms. The van der Waals surface area contributed by atoms with Crippen LogP contribution >= 0.6 is 11.6 Å². The van der Waals surface area contributed by atoms with Gasteiger partial charge in [0.2, 0.25) is 5.28 Å². The number of hydrogen-bond donors (Lipinski definition) is 2. The Morgan fingerprint density at radius 3 is 3.29 bits per heavy atom. The number of anilines is 1. The van der Waals surface area contributed by atoms with Gasteiger partial charge in [0.25, 0.3) is 0 Å². The molecule has 0 saturated carbocycles. The van der Waals surface area contributed by atoms with Gasteiger partial charge in [-0.3, -0.25) is 0 Å². The zero-order valence-electron chi connectivity index (χ0n) is 9.11. The molecular weight excluding hydrogens is 242 g/mol. The number of H-pyrrole nitrogens is 1. The van der Waals surface area contributed by atoms with E-state index in [-0.39, 0.29) is 11.4 Å². The van der Waals surface area contributed by atoms with Gasteiger partial charge in [0.15, 0.2) is 11.5 Å². The van der Waals surface area contributed by atoms with Gasteiger partial charge in [-0.2, -0.15) is 9.97 Å². The summed E-state index contributed by atoms with van der Waals surface area (Å²) in [5.74, 6) is 0.674. The minimum absolute atomic E-state index is 0.194. The topological polar surface area (TPSA) is 75.7 Å². The molecule has 2 aromatic heterocycles. The number of aromatic amines is 1. The summed E-state index contributed by atoms with van der Waals surface area (Å²) in [6.45, 7) is 1.57. The first-order chi connectivity index (χ1) is 8.33. The standard InChI is InChI=1S/C10H12ClN5O/c11-10-15-8(7-9(16-10)14-5-13-7)12-4-6-2-1-3-17-6/h5-6H,1-4H2,(H2,12,13,14,15,16)/t6-/m0/s1. The third-order valence-electron chi connectivity index (χ3n) is 2.78. The van der Waals surface area contributed by atoms with E-state index >= 15 is 0 Å². The lowest BCUT2D eigenvalue weighted by atomic mass is 10.2. The van der Waals surface area contributed by atoms with E-state index in [9.17, 15) is 0 Å². The molecule has 1 aliphatic heterocycles. The third-order valence-corrected chi connectivity index (χ3v) is 2.95. The van der Waals surface area contributed by atoms with Crippen molar-refractivity contribution < 1.29 is 4.74 Å². The van der Waals surface area contributed by atoms with Crippen molar-refractivity contribution in [2.75, 3.05) is 18.5 Å². The minimum Gasteiger partial charge on any atom is -0.376 e. The highest BCUT2D eigenvalue weighted by Crippen LogP contribution is 2.19. The fourth-order valence-electron chi connectivity index (χ4n) is 1.95. The average molecular weight is 254 g/mol. The Balaban J connectivity index is 1.81. The molecule has 2 N–H and O–H groups in total. The lowest BCUT2D eigenvalue weighted by Crippen LogP contribution is -2.19. The Bertz CT molecular complexity index is 522. The lowest BCUT2D eigenvalue weighted by Gasteiger charge is -2.11. The third kappa shape index (κ3) is 2.18. The molecule has 17 heavy (non-hydrogen) atoms. The fourth-order valence-corrected chi connectivity index (χ4v) is 2.11. The first-order valence-electron chi connectivity index (χ1n) is 5.55. The van der Waals surface area contributed by atoms with Crippen LogP contribution in [0.2, 0.25) is 5.28 Å². The number of rotatable bonds is 3. The molecule has 0 aliphatic carbocycles. The Morgan fingerprint density at radius 2 is 2.47 bits per heavy atom. The van der Waals surface area contributed by atoms with Crippen LogP contribution < -0.4 is 5.32 Å². The van der Waals surface area contributed by atoms with Gasteiger partial charge in [-0.05, 0) is 24.4 Å². The summed E-state index contributed by atoms with van der Waals surface area (Å²) in [6, 6.07) is 0. The molecule has 0 aromatic carbocycles. The van der Waals surface area contributed by atoms with Crippen molar-refractivity contribution in [2.45, 2.75) is 18.9 Å². The second-order valence-electron chi connectivity index (χ2n) is 3.96. The summed E-state index contributed by atoms with van der Waals surface area (Å²) in [5.41, 5.74) is 1.34. The number of hydrogen-bond acceptors (Lipinski definition) is 5. The molecule has 2 aromatic rings. The van der Waals surface area contributed by atoms with Crippen LogP contribution in [0, 0.1) is 0 Å². The van der Waals surface area contributed by atoms with E-state index in [2.05, 4.69) is 25.3 Å². The normalized spacial score (nSPS) is 19.9. The van der Waals surface area contributed by atoms with E-state index in [1.54, 1.807) is 6.33 Å². The van der Waals surface area contributed by atoms with Crippen LogP contribution in [-0.2, 0) is 4.74 Å². The van der Waals surface area contributed by atoms with Gasteiger partial charge in [-0.15, -0.1) is 0 Å². The molecule has 0 unspecified atom stereocenters. The smallest absolute Gasteiger partial charge is 0.226 e. The van der Waals surface area contributed by atoms with Gasteiger partial charge in [-0.1, -0.05) is 0 Å². The van der Waals surface area contributed by atoms with Crippen molar-refractivity contribution in [1.82, 2.24) is 19.9 Å². The molecular formula is C10H12ClN5O. The molecule has 1 aliphatic rings. The van der Waals surface area contributed by atoms with Crippen LogP contribution in [0.4, 0.5) is 5.82 Å². The molecule has 90 valence electrons. The summed E-state index contributed by atoms with van der Waals surface area (Å²) in [5, 5.41) is 3.42. The number of nitrogens with one attached hydrogen (secondary N) is 2. The van der Waals surface area contributed by atoms with Crippen LogP contribution in [0.3, 0.4) is 0 Å². The van der Waals surface area contributed by atoms with Crippen molar-refractivity contribution in [3.05, 3.63) is 11.6 Å². The van der Waals surface area contributed by atoms with E-state index in [4.69, 9.17) is 16.3 Å². The SMILES string of the molecule is Clc1nc(NC[C@@H]2CCCO2)c2[nH]cnc2n1. The molecule has 3 rings (SSSR count). The number of nitrogens with zero attached hydrogens (tertiary/aromatic N) is 3. The second-order valence-corrected chi connectivity index (χ2v) is 4.30. The molecule has 0 bridgehead atoms. The summed E-state index contributed by atoms with van der Waals surface area (Å²) in [7, 11) is 0. The second kappa shape index (κ2) is 4.46. The maximum atomic E-state index is 5.83.